The second kappa shape index (κ2) is 6.66. The number of carbonyl (C=O) groups is 1. The molecule has 1 aromatic carbocycles. The molecule has 0 aliphatic rings. The van der Waals surface area contributed by atoms with Gasteiger partial charge in [-0.15, -0.1) is 10.2 Å². The highest BCUT2D eigenvalue weighted by atomic mass is 32.2. The molecule has 0 saturated carbocycles. The predicted octanol–water partition coefficient (Wildman–Crippen LogP) is 2.74. The Bertz CT molecular complexity index is 812. The molecule has 1 amide bonds. The Balaban J connectivity index is 1.80. The molecule has 8 heteroatoms. The molecule has 0 fully saturated rings. The van der Waals surface area contributed by atoms with Gasteiger partial charge in [0, 0.05) is 11.6 Å². The lowest BCUT2D eigenvalue weighted by Crippen LogP contribution is -2.25. The minimum atomic E-state index is -0.378. The largest absolute Gasteiger partial charge is 0.355 e. The van der Waals surface area contributed by atoms with Crippen LogP contribution in [0.1, 0.15) is 23.2 Å². The number of benzene rings is 1. The van der Waals surface area contributed by atoms with Gasteiger partial charge in [0.15, 0.2) is 11.5 Å². The van der Waals surface area contributed by atoms with Crippen LogP contribution in [0.15, 0.2) is 46.1 Å². The van der Waals surface area contributed by atoms with Gasteiger partial charge in [0.2, 0.25) is 5.16 Å². The standard InChI is InChI=1S/C15H15N5O2S/c1-3-23-15-17-16-10(2)20(15)18-14(21)12-9-13(22-19-12)11-7-5-4-6-8-11/h4-9H,3H2,1-2H3,(H,18,21). The van der Waals surface area contributed by atoms with Gasteiger partial charge in [-0.05, 0) is 12.7 Å². The zero-order valence-electron chi connectivity index (χ0n) is 12.7. The maximum absolute atomic E-state index is 12.3. The molecule has 3 aromatic rings. The van der Waals surface area contributed by atoms with E-state index in [9.17, 15) is 4.79 Å². The van der Waals surface area contributed by atoms with Crippen molar-refractivity contribution in [2.24, 2.45) is 0 Å². The summed E-state index contributed by atoms with van der Waals surface area (Å²) in [7, 11) is 0. The third-order valence-electron chi connectivity index (χ3n) is 3.08. The van der Waals surface area contributed by atoms with Crippen LogP contribution in [0.25, 0.3) is 11.3 Å². The Labute approximate surface area is 137 Å². The third kappa shape index (κ3) is 3.26. The van der Waals surface area contributed by atoms with Gasteiger partial charge in [-0.2, -0.15) is 0 Å². The molecule has 0 aliphatic carbocycles. The van der Waals surface area contributed by atoms with Crippen molar-refractivity contribution in [3.63, 3.8) is 0 Å². The van der Waals surface area contributed by atoms with Crippen molar-refractivity contribution in [3.8, 4) is 11.3 Å². The Hall–Kier alpha value is -2.61. The van der Waals surface area contributed by atoms with Crippen LogP contribution in [0, 0.1) is 6.92 Å². The Morgan fingerprint density at radius 1 is 1.30 bits per heavy atom. The topological polar surface area (TPSA) is 85.8 Å². The summed E-state index contributed by atoms with van der Waals surface area (Å²) < 4.78 is 6.79. The summed E-state index contributed by atoms with van der Waals surface area (Å²) in [5.74, 6) is 1.59. The molecule has 0 atom stereocenters. The number of hydrogen-bond acceptors (Lipinski definition) is 6. The SMILES string of the molecule is CCSc1nnc(C)n1NC(=O)c1cc(-c2ccccc2)on1. The molecule has 0 bridgehead atoms. The molecule has 118 valence electrons. The van der Waals surface area contributed by atoms with Crippen LogP contribution < -0.4 is 5.43 Å². The summed E-state index contributed by atoms with van der Waals surface area (Å²) >= 11 is 1.49. The zero-order valence-corrected chi connectivity index (χ0v) is 13.5. The maximum atomic E-state index is 12.3. The molecule has 7 nitrogen and oxygen atoms in total. The molecule has 2 heterocycles. The van der Waals surface area contributed by atoms with Crippen LogP contribution in [0.2, 0.25) is 0 Å². The van der Waals surface area contributed by atoms with E-state index in [2.05, 4.69) is 20.8 Å². The van der Waals surface area contributed by atoms with E-state index in [1.165, 1.54) is 11.8 Å². The van der Waals surface area contributed by atoms with Gasteiger partial charge in [0.25, 0.3) is 5.91 Å². The van der Waals surface area contributed by atoms with Gasteiger partial charge in [0.1, 0.15) is 5.82 Å². The van der Waals surface area contributed by atoms with Crippen molar-refractivity contribution >= 4 is 17.7 Å². The summed E-state index contributed by atoms with van der Waals surface area (Å²) in [6.45, 7) is 3.77. The van der Waals surface area contributed by atoms with E-state index < -0.39 is 0 Å². The summed E-state index contributed by atoms with van der Waals surface area (Å²) in [5.41, 5.74) is 3.80. The minimum absolute atomic E-state index is 0.199. The number of aryl methyl sites for hydroxylation is 1. The van der Waals surface area contributed by atoms with E-state index in [0.29, 0.717) is 16.7 Å². The average molecular weight is 329 g/mol. The van der Waals surface area contributed by atoms with Crippen LogP contribution in [0.5, 0.6) is 0 Å². The van der Waals surface area contributed by atoms with Crippen LogP contribution >= 0.6 is 11.8 Å². The lowest BCUT2D eigenvalue weighted by molar-refractivity contribution is 0.0997. The first-order valence-corrected chi connectivity index (χ1v) is 8.06. The lowest BCUT2D eigenvalue weighted by atomic mass is 10.1. The number of nitrogens with one attached hydrogen (secondary N) is 1. The number of nitrogens with zero attached hydrogens (tertiary/aromatic N) is 4. The molecule has 0 aliphatic heterocycles. The first-order valence-electron chi connectivity index (χ1n) is 7.07. The quantitative estimate of drug-likeness (QED) is 0.724. The molecular weight excluding hydrogens is 314 g/mol. The highest BCUT2D eigenvalue weighted by Gasteiger charge is 2.17. The Morgan fingerprint density at radius 3 is 2.83 bits per heavy atom. The van der Waals surface area contributed by atoms with E-state index in [4.69, 9.17) is 4.52 Å². The summed E-state index contributed by atoms with van der Waals surface area (Å²) in [4.78, 5) is 12.3. The average Bonchev–Trinajstić information content (AvgIpc) is 3.18. The Morgan fingerprint density at radius 2 is 2.09 bits per heavy atom. The lowest BCUT2D eigenvalue weighted by Gasteiger charge is -2.07. The number of thioether (sulfide) groups is 1. The zero-order chi connectivity index (χ0) is 16.2. The number of hydrogen-bond donors (Lipinski definition) is 1. The first kappa shape index (κ1) is 15.3. The third-order valence-corrected chi connectivity index (χ3v) is 3.89. The summed E-state index contributed by atoms with van der Waals surface area (Å²) in [6.07, 6.45) is 0. The second-order valence-electron chi connectivity index (χ2n) is 4.68. The van der Waals surface area contributed by atoms with Crippen molar-refractivity contribution in [1.29, 1.82) is 0 Å². The van der Waals surface area contributed by atoms with Crippen molar-refractivity contribution in [3.05, 3.63) is 47.9 Å². The molecule has 23 heavy (non-hydrogen) atoms. The van der Waals surface area contributed by atoms with E-state index in [1.54, 1.807) is 17.7 Å². The van der Waals surface area contributed by atoms with Crippen LogP contribution in [0.3, 0.4) is 0 Å². The van der Waals surface area contributed by atoms with Crippen LogP contribution in [0.4, 0.5) is 0 Å². The van der Waals surface area contributed by atoms with Crippen LogP contribution in [-0.2, 0) is 0 Å². The summed E-state index contributed by atoms with van der Waals surface area (Å²) in [6, 6.07) is 11.1. The van der Waals surface area contributed by atoms with E-state index in [0.717, 1.165) is 11.3 Å². The maximum Gasteiger partial charge on any atom is 0.292 e. The fourth-order valence-corrected chi connectivity index (χ4v) is 2.64. The van der Waals surface area contributed by atoms with Gasteiger partial charge in [-0.25, -0.2) is 4.68 Å². The van der Waals surface area contributed by atoms with Gasteiger partial charge < -0.3 is 4.52 Å². The molecule has 1 N–H and O–H groups in total. The van der Waals surface area contributed by atoms with E-state index in [-0.39, 0.29) is 11.6 Å². The normalized spacial score (nSPS) is 10.7. The minimum Gasteiger partial charge on any atom is -0.355 e. The Kier molecular flexibility index (Phi) is 4.42. The van der Waals surface area contributed by atoms with Crippen molar-refractivity contribution in [1.82, 2.24) is 20.0 Å². The highest BCUT2D eigenvalue weighted by molar-refractivity contribution is 7.99. The monoisotopic (exact) mass is 329 g/mol. The molecule has 2 aromatic heterocycles. The second-order valence-corrected chi connectivity index (χ2v) is 5.91. The number of aromatic nitrogens is 4. The van der Waals surface area contributed by atoms with Crippen molar-refractivity contribution in [2.45, 2.75) is 19.0 Å². The van der Waals surface area contributed by atoms with Crippen LogP contribution in [-0.4, -0.2) is 31.7 Å². The molecule has 3 rings (SSSR count). The smallest absolute Gasteiger partial charge is 0.292 e. The van der Waals surface area contributed by atoms with E-state index in [1.807, 2.05) is 37.3 Å². The number of carbonyl (C=O) groups excluding carboxylic acids is 1. The molecule has 0 saturated heterocycles. The van der Waals surface area contributed by atoms with Gasteiger partial charge >= 0.3 is 0 Å². The highest BCUT2D eigenvalue weighted by Crippen LogP contribution is 2.20. The predicted molar refractivity (Wildman–Crippen MR) is 86.8 cm³/mol. The molecular formula is C15H15N5O2S. The fraction of sp³-hybridized carbons (Fsp3) is 0.200. The molecule has 0 spiro atoms. The molecule has 0 unspecified atom stereocenters. The van der Waals surface area contributed by atoms with Crippen molar-refractivity contribution < 1.29 is 9.32 Å². The van der Waals surface area contributed by atoms with Gasteiger partial charge in [-0.1, -0.05) is 54.2 Å². The fourth-order valence-electron chi connectivity index (χ4n) is 1.97. The number of rotatable bonds is 5. The number of amides is 1. The molecule has 0 radical (unpaired) electrons. The van der Waals surface area contributed by atoms with Crippen molar-refractivity contribution in [2.75, 3.05) is 11.2 Å². The van der Waals surface area contributed by atoms with Gasteiger partial charge in [-0.3, -0.25) is 10.2 Å². The summed E-state index contributed by atoms with van der Waals surface area (Å²) in [5, 5.41) is 12.5. The van der Waals surface area contributed by atoms with E-state index >= 15 is 0 Å². The first-order chi connectivity index (χ1) is 11.2. The van der Waals surface area contributed by atoms with Gasteiger partial charge in [0.05, 0.1) is 0 Å².